The fraction of sp³-hybridized carbons (Fsp3) is 0.455. The molecule has 1 aliphatic rings. The van der Waals surface area contributed by atoms with E-state index in [1.807, 2.05) is 12.1 Å². The van der Waals surface area contributed by atoms with Crippen LogP contribution < -0.4 is 0 Å². The summed E-state index contributed by atoms with van der Waals surface area (Å²) in [5, 5.41) is 8.99. The maximum Gasteiger partial charge on any atom is 0.319 e. The topological polar surface area (TPSA) is 73.4 Å². The lowest BCUT2D eigenvalue weighted by Gasteiger charge is -2.20. The minimum absolute atomic E-state index is 0.297. The smallest absolute Gasteiger partial charge is 0.319 e. The molecule has 0 spiro atoms. The van der Waals surface area contributed by atoms with E-state index in [4.69, 9.17) is 5.11 Å². The molecule has 1 heterocycles. The lowest BCUT2D eigenvalue weighted by molar-refractivity contribution is -0.153. The number of rotatable bonds is 4. The molecule has 1 saturated carbocycles. The molecule has 2 N–H and O–H groups in total. The number of aromatic amines is 1. The molecule has 16 heavy (non-hydrogen) atoms. The van der Waals surface area contributed by atoms with Crippen LogP contribution in [0.15, 0.2) is 18.3 Å². The van der Waals surface area contributed by atoms with Crippen molar-refractivity contribution >= 4 is 11.9 Å². The van der Waals surface area contributed by atoms with Crippen LogP contribution in [0.1, 0.15) is 18.5 Å². The maximum absolute atomic E-state index is 11.9. The van der Waals surface area contributed by atoms with Crippen molar-refractivity contribution in [1.82, 2.24) is 9.88 Å². The Morgan fingerprint density at radius 2 is 2.25 bits per heavy atom. The van der Waals surface area contributed by atoms with Crippen LogP contribution >= 0.6 is 0 Å². The zero-order valence-corrected chi connectivity index (χ0v) is 9.06. The monoisotopic (exact) mass is 222 g/mol. The van der Waals surface area contributed by atoms with E-state index in [1.54, 1.807) is 13.2 Å². The second-order valence-electron chi connectivity index (χ2n) is 4.24. The molecule has 1 amide bonds. The van der Waals surface area contributed by atoms with Crippen LogP contribution in [0.5, 0.6) is 0 Å². The minimum Gasteiger partial charge on any atom is -0.480 e. The van der Waals surface area contributed by atoms with Gasteiger partial charge < -0.3 is 15.0 Å². The van der Waals surface area contributed by atoms with Crippen LogP contribution in [0.3, 0.4) is 0 Å². The maximum atomic E-state index is 11.9. The van der Waals surface area contributed by atoms with Gasteiger partial charge in [-0.25, -0.2) is 0 Å². The molecular formula is C11H14N2O3. The highest BCUT2D eigenvalue weighted by molar-refractivity contribution is 6.04. The number of nitrogens with zero attached hydrogens (tertiary/aromatic N) is 1. The number of carboxylic acid groups (broad SMARTS) is 1. The van der Waals surface area contributed by atoms with E-state index in [0.717, 1.165) is 5.69 Å². The first-order valence-corrected chi connectivity index (χ1v) is 5.17. The summed E-state index contributed by atoms with van der Waals surface area (Å²) in [6.07, 6.45) is 2.68. The van der Waals surface area contributed by atoms with Crippen LogP contribution in [-0.4, -0.2) is 33.9 Å². The van der Waals surface area contributed by atoms with Crippen molar-refractivity contribution in [2.75, 3.05) is 7.05 Å². The average molecular weight is 222 g/mol. The number of H-pyrrole nitrogens is 1. The Bertz CT molecular complexity index is 407. The summed E-state index contributed by atoms with van der Waals surface area (Å²) in [5.41, 5.74) is -0.238. The molecule has 5 nitrogen and oxygen atoms in total. The van der Waals surface area contributed by atoms with Crippen molar-refractivity contribution in [3.63, 3.8) is 0 Å². The Morgan fingerprint density at radius 1 is 1.56 bits per heavy atom. The molecule has 2 rings (SSSR count). The Balaban J connectivity index is 2.03. The lowest BCUT2D eigenvalue weighted by Crippen LogP contribution is -2.38. The number of carboxylic acids is 1. The van der Waals surface area contributed by atoms with Gasteiger partial charge in [-0.1, -0.05) is 0 Å². The first-order valence-electron chi connectivity index (χ1n) is 5.17. The van der Waals surface area contributed by atoms with E-state index in [-0.39, 0.29) is 5.91 Å². The minimum atomic E-state index is -1.14. The van der Waals surface area contributed by atoms with E-state index in [0.29, 0.717) is 19.4 Å². The van der Waals surface area contributed by atoms with Gasteiger partial charge in [-0.3, -0.25) is 9.59 Å². The lowest BCUT2D eigenvalue weighted by atomic mass is 10.1. The van der Waals surface area contributed by atoms with Crippen LogP contribution in [-0.2, 0) is 16.1 Å². The van der Waals surface area contributed by atoms with Gasteiger partial charge in [0.05, 0.1) is 6.54 Å². The molecule has 1 fully saturated rings. The summed E-state index contributed by atoms with van der Waals surface area (Å²) in [7, 11) is 1.63. The Labute approximate surface area is 93.1 Å². The molecule has 86 valence electrons. The third-order valence-corrected chi connectivity index (χ3v) is 2.99. The predicted molar refractivity (Wildman–Crippen MR) is 56.6 cm³/mol. The summed E-state index contributed by atoms with van der Waals surface area (Å²) in [6.45, 7) is 0.418. The normalized spacial score (nSPS) is 16.8. The van der Waals surface area contributed by atoms with E-state index < -0.39 is 11.4 Å². The molecule has 0 atom stereocenters. The second kappa shape index (κ2) is 3.66. The van der Waals surface area contributed by atoms with Gasteiger partial charge in [0, 0.05) is 18.9 Å². The van der Waals surface area contributed by atoms with Crippen LogP contribution in [0, 0.1) is 5.41 Å². The molecule has 0 aliphatic heterocycles. The highest BCUT2D eigenvalue weighted by Gasteiger charge is 2.58. The molecule has 0 unspecified atom stereocenters. The zero-order valence-electron chi connectivity index (χ0n) is 9.06. The Morgan fingerprint density at radius 3 is 2.69 bits per heavy atom. The molecule has 1 aliphatic carbocycles. The molecule has 0 radical (unpaired) electrons. The van der Waals surface area contributed by atoms with Crippen molar-refractivity contribution in [3.8, 4) is 0 Å². The molecule has 5 heteroatoms. The number of aliphatic carboxylic acids is 1. The summed E-state index contributed by atoms with van der Waals surface area (Å²) in [6, 6.07) is 3.71. The molecule has 1 aromatic heterocycles. The van der Waals surface area contributed by atoms with Crippen molar-refractivity contribution in [1.29, 1.82) is 0 Å². The molecule has 1 aromatic rings. The standard InChI is InChI=1S/C11H14N2O3/c1-13(7-8-3-2-6-12-8)9(14)11(4-5-11)10(15)16/h2-3,6,12H,4-5,7H2,1H3,(H,15,16). The number of hydrogen-bond donors (Lipinski definition) is 2. The van der Waals surface area contributed by atoms with Crippen molar-refractivity contribution in [2.24, 2.45) is 5.41 Å². The van der Waals surface area contributed by atoms with Gasteiger partial charge in [0.15, 0.2) is 0 Å². The van der Waals surface area contributed by atoms with Crippen LogP contribution in [0.25, 0.3) is 0 Å². The highest BCUT2D eigenvalue weighted by atomic mass is 16.4. The zero-order chi connectivity index (χ0) is 11.8. The highest BCUT2D eigenvalue weighted by Crippen LogP contribution is 2.47. The number of carbonyl (C=O) groups is 2. The van der Waals surface area contributed by atoms with Gasteiger partial charge in [-0.15, -0.1) is 0 Å². The van der Waals surface area contributed by atoms with E-state index in [2.05, 4.69) is 4.98 Å². The van der Waals surface area contributed by atoms with E-state index in [9.17, 15) is 9.59 Å². The van der Waals surface area contributed by atoms with Gasteiger partial charge in [0.25, 0.3) is 0 Å². The van der Waals surface area contributed by atoms with Crippen molar-refractivity contribution < 1.29 is 14.7 Å². The first kappa shape index (κ1) is 10.7. The van der Waals surface area contributed by atoms with Crippen LogP contribution in [0.4, 0.5) is 0 Å². The summed E-state index contributed by atoms with van der Waals surface area (Å²) in [5.74, 6) is -1.30. The number of aromatic nitrogens is 1. The predicted octanol–water partition coefficient (Wildman–Crippen LogP) is 0.838. The van der Waals surface area contributed by atoms with E-state index >= 15 is 0 Å². The van der Waals surface area contributed by atoms with Gasteiger partial charge in [-0.2, -0.15) is 0 Å². The van der Waals surface area contributed by atoms with Crippen molar-refractivity contribution in [2.45, 2.75) is 19.4 Å². The number of nitrogens with one attached hydrogen (secondary N) is 1. The van der Waals surface area contributed by atoms with Gasteiger partial charge in [-0.05, 0) is 25.0 Å². The number of carbonyl (C=O) groups excluding carboxylic acids is 1. The Kier molecular flexibility index (Phi) is 2.46. The summed E-state index contributed by atoms with van der Waals surface area (Å²) < 4.78 is 0. The third kappa shape index (κ3) is 1.68. The fourth-order valence-electron chi connectivity index (χ4n) is 1.80. The van der Waals surface area contributed by atoms with Gasteiger partial charge >= 0.3 is 5.97 Å². The second-order valence-corrected chi connectivity index (χ2v) is 4.24. The van der Waals surface area contributed by atoms with Crippen molar-refractivity contribution in [3.05, 3.63) is 24.0 Å². The van der Waals surface area contributed by atoms with Gasteiger partial charge in [0.2, 0.25) is 5.91 Å². The molecule has 0 aromatic carbocycles. The number of amides is 1. The largest absolute Gasteiger partial charge is 0.480 e. The SMILES string of the molecule is CN(Cc1ccc[nH]1)C(=O)C1(C(=O)O)CC1. The average Bonchev–Trinajstić information content (AvgIpc) is 2.91. The number of hydrogen-bond acceptors (Lipinski definition) is 2. The summed E-state index contributed by atoms with van der Waals surface area (Å²) in [4.78, 5) is 27.4. The first-order chi connectivity index (χ1) is 7.56. The third-order valence-electron chi connectivity index (χ3n) is 2.99. The molecule has 0 bridgehead atoms. The van der Waals surface area contributed by atoms with E-state index in [1.165, 1.54) is 4.90 Å². The summed E-state index contributed by atoms with van der Waals surface area (Å²) >= 11 is 0. The molecule has 0 saturated heterocycles. The molecular weight excluding hydrogens is 208 g/mol. The fourth-order valence-corrected chi connectivity index (χ4v) is 1.80. The quantitative estimate of drug-likeness (QED) is 0.741. The Hall–Kier alpha value is -1.78. The van der Waals surface area contributed by atoms with Crippen LogP contribution in [0.2, 0.25) is 0 Å². The van der Waals surface area contributed by atoms with Gasteiger partial charge in [0.1, 0.15) is 5.41 Å².